The van der Waals surface area contributed by atoms with E-state index < -0.39 is 8.07 Å². The minimum absolute atomic E-state index is 0.133. The maximum atomic E-state index is 5.25. The van der Waals surface area contributed by atoms with Gasteiger partial charge in [0.1, 0.15) is 0 Å². The molecule has 0 atom stereocenters. The molecule has 0 saturated heterocycles. The third-order valence-corrected chi connectivity index (χ3v) is 14.8. The van der Waals surface area contributed by atoms with E-state index in [2.05, 4.69) is 205 Å². The van der Waals surface area contributed by atoms with Gasteiger partial charge in [-0.2, -0.15) is 0 Å². The SMILES string of the molecule is CC1(C)c2ccccc2-c2ccc(-c3nc(-c4ccc(-c5cccc(-c6cccc([Si](C)(C)C)c6)c5)cc4)nc(-c4ccc5c(c4)C(C)(C)c4ccccc4-5)n3)cc21. The number of hydrogen-bond donors (Lipinski definition) is 0. The van der Waals surface area contributed by atoms with E-state index >= 15 is 0 Å². The molecule has 3 nitrogen and oxygen atoms in total. The van der Waals surface area contributed by atoms with Crippen molar-refractivity contribution in [3.63, 3.8) is 0 Å². The Hall–Kier alpha value is -6.23. The number of nitrogens with zero attached hydrogens (tertiary/aromatic N) is 3. The number of rotatable bonds is 6. The molecule has 7 aromatic carbocycles. The summed E-state index contributed by atoms with van der Waals surface area (Å²) in [5.74, 6) is 2.01. The second-order valence-corrected chi connectivity index (χ2v) is 23.2. The van der Waals surface area contributed by atoms with Gasteiger partial charge in [-0.1, -0.05) is 192 Å². The molecule has 0 unspecified atom stereocenters. The average molecular weight is 766 g/mol. The Labute approximate surface area is 343 Å². The topological polar surface area (TPSA) is 38.7 Å². The Morgan fingerprint density at radius 2 is 0.724 bits per heavy atom. The first kappa shape index (κ1) is 36.1. The van der Waals surface area contributed by atoms with Gasteiger partial charge in [0.2, 0.25) is 0 Å². The van der Waals surface area contributed by atoms with Gasteiger partial charge in [-0.25, -0.2) is 15.0 Å². The van der Waals surface area contributed by atoms with Crippen LogP contribution in [0.25, 0.3) is 78.7 Å². The van der Waals surface area contributed by atoms with Crippen LogP contribution in [-0.2, 0) is 10.8 Å². The first-order chi connectivity index (χ1) is 27.9. The van der Waals surface area contributed by atoms with Gasteiger partial charge < -0.3 is 0 Å². The van der Waals surface area contributed by atoms with Gasteiger partial charge in [-0.3, -0.25) is 0 Å². The fourth-order valence-corrected chi connectivity index (χ4v) is 10.5. The summed E-state index contributed by atoms with van der Waals surface area (Å²) in [6, 6.07) is 57.7. The van der Waals surface area contributed by atoms with Crippen molar-refractivity contribution < 1.29 is 0 Å². The maximum Gasteiger partial charge on any atom is 0.164 e. The van der Waals surface area contributed by atoms with Crippen LogP contribution >= 0.6 is 0 Å². The van der Waals surface area contributed by atoms with Crippen LogP contribution in [0.3, 0.4) is 0 Å². The minimum Gasteiger partial charge on any atom is -0.208 e. The number of hydrogen-bond acceptors (Lipinski definition) is 3. The molecule has 1 aromatic heterocycles. The molecule has 0 bridgehead atoms. The molecule has 2 aliphatic rings. The van der Waals surface area contributed by atoms with Crippen molar-refractivity contribution in [3.05, 3.63) is 180 Å². The van der Waals surface area contributed by atoms with Gasteiger partial charge in [-0.15, -0.1) is 0 Å². The van der Waals surface area contributed by atoms with Gasteiger partial charge in [0.05, 0.1) is 8.07 Å². The van der Waals surface area contributed by atoms with Crippen LogP contribution in [0.5, 0.6) is 0 Å². The Balaban J connectivity index is 1.07. The molecular weight excluding hydrogens is 719 g/mol. The number of benzene rings is 7. The molecule has 8 aromatic rings. The quantitative estimate of drug-likeness (QED) is 0.158. The Morgan fingerprint density at radius 3 is 1.24 bits per heavy atom. The predicted molar refractivity (Wildman–Crippen MR) is 245 cm³/mol. The maximum absolute atomic E-state index is 5.25. The van der Waals surface area contributed by atoms with Crippen LogP contribution in [0.2, 0.25) is 19.6 Å². The van der Waals surface area contributed by atoms with Crippen molar-refractivity contribution in [1.82, 2.24) is 15.0 Å². The molecule has 4 heteroatoms. The zero-order chi connectivity index (χ0) is 40.0. The van der Waals surface area contributed by atoms with Gasteiger partial charge in [-0.05, 0) is 85.0 Å². The van der Waals surface area contributed by atoms with Gasteiger partial charge in [0, 0.05) is 27.5 Å². The van der Waals surface area contributed by atoms with E-state index in [-0.39, 0.29) is 10.8 Å². The zero-order valence-corrected chi connectivity index (χ0v) is 35.4. The van der Waals surface area contributed by atoms with Crippen LogP contribution in [0.15, 0.2) is 158 Å². The van der Waals surface area contributed by atoms with E-state index in [0.29, 0.717) is 17.5 Å². The molecule has 0 saturated carbocycles. The fraction of sp³-hybridized carbons (Fsp3) is 0.167. The molecule has 282 valence electrons. The van der Waals surface area contributed by atoms with E-state index in [1.54, 1.807) is 0 Å². The highest BCUT2D eigenvalue weighted by molar-refractivity contribution is 6.88. The van der Waals surface area contributed by atoms with Crippen LogP contribution in [-0.4, -0.2) is 23.0 Å². The molecule has 0 radical (unpaired) electrons. The van der Waals surface area contributed by atoms with Crippen LogP contribution in [0, 0.1) is 0 Å². The number of aromatic nitrogens is 3. The summed E-state index contributed by atoms with van der Waals surface area (Å²) >= 11 is 0. The molecule has 0 N–H and O–H groups in total. The lowest BCUT2D eigenvalue weighted by molar-refractivity contribution is 0.660. The third-order valence-electron chi connectivity index (χ3n) is 12.7. The highest BCUT2D eigenvalue weighted by Crippen LogP contribution is 2.51. The van der Waals surface area contributed by atoms with E-state index in [1.807, 2.05) is 0 Å². The molecule has 0 fully saturated rings. The third kappa shape index (κ3) is 5.89. The molecule has 0 spiro atoms. The van der Waals surface area contributed by atoms with Crippen LogP contribution in [0.4, 0.5) is 0 Å². The summed E-state index contributed by atoms with van der Waals surface area (Å²) in [5, 5.41) is 1.47. The second kappa shape index (κ2) is 13.2. The van der Waals surface area contributed by atoms with Crippen LogP contribution in [0.1, 0.15) is 49.9 Å². The van der Waals surface area contributed by atoms with E-state index in [9.17, 15) is 0 Å². The van der Waals surface area contributed by atoms with Crippen molar-refractivity contribution in [2.45, 2.75) is 58.2 Å². The summed E-state index contributed by atoms with van der Waals surface area (Å²) in [4.78, 5) is 15.7. The van der Waals surface area contributed by atoms with Gasteiger partial charge in [0.15, 0.2) is 17.5 Å². The first-order valence-corrected chi connectivity index (χ1v) is 23.9. The Kier molecular flexibility index (Phi) is 8.19. The van der Waals surface area contributed by atoms with E-state index in [0.717, 1.165) is 22.3 Å². The lowest BCUT2D eigenvalue weighted by atomic mass is 9.82. The Morgan fingerprint density at radius 1 is 0.328 bits per heavy atom. The van der Waals surface area contributed by atoms with Gasteiger partial charge >= 0.3 is 0 Å². The van der Waals surface area contributed by atoms with Crippen molar-refractivity contribution in [2.24, 2.45) is 0 Å². The van der Waals surface area contributed by atoms with Crippen molar-refractivity contribution in [2.75, 3.05) is 0 Å². The lowest BCUT2D eigenvalue weighted by Gasteiger charge is -2.22. The molecule has 2 aliphatic carbocycles. The highest BCUT2D eigenvalue weighted by Gasteiger charge is 2.37. The van der Waals surface area contributed by atoms with Crippen molar-refractivity contribution in [3.8, 4) is 78.7 Å². The first-order valence-electron chi connectivity index (χ1n) is 20.4. The molecule has 58 heavy (non-hydrogen) atoms. The van der Waals surface area contributed by atoms with E-state index in [1.165, 1.54) is 66.4 Å². The number of fused-ring (bicyclic) bond motifs is 6. The van der Waals surface area contributed by atoms with Crippen molar-refractivity contribution >= 4 is 13.3 Å². The molecule has 10 rings (SSSR count). The van der Waals surface area contributed by atoms with Crippen molar-refractivity contribution in [1.29, 1.82) is 0 Å². The monoisotopic (exact) mass is 765 g/mol. The summed E-state index contributed by atoms with van der Waals surface area (Å²) < 4.78 is 0. The zero-order valence-electron chi connectivity index (χ0n) is 34.4. The fourth-order valence-electron chi connectivity index (χ4n) is 9.31. The summed E-state index contributed by atoms with van der Waals surface area (Å²) in [6.07, 6.45) is 0. The molecule has 0 aliphatic heterocycles. The molecule has 0 amide bonds. The predicted octanol–water partition coefficient (Wildman–Crippen LogP) is 13.4. The molecule has 1 heterocycles. The summed E-state index contributed by atoms with van der Waals surface area (Å²) in [5.41, 5.74) is 18.0. The molecular formula is C54H47N3Si. The Bertz CT molecular complexity index is 2810. The standard InChI is InChI=1S/C54H47N3Si/c1-53(2)46-20-10-8-18-42(46)44-28-26-39(32-48(44)53)51-55-50(56-52(57-51)40-27-29-45-43-19-9-11-21-47(43)54(3,4)49(45)33-40)35-24-22-34(23-25-35)36-14-12-15-37(30-36)38-16-13-17-41(31-38)58(5,6)7/h8-33H,1-7H3. The second-order valence-electron chi connectivity index (χ2n) is 18.2. The van der Waals surface area contributed by atoms with Crippen LogP contribution < -0.4 is 5.19 Å². The largest absolute Gasteiger partial charge is 0.208 e. The highest BCUT2D eigenvalue weighted by atomic mass is 28.3. The average Bonchev–Trinajstić information content (AvgIpc) is 3.62. The lowest BCUT2D eigenvalue weighted by Crippen LogP contribution is -2.37. The summed E-state index contributed by atoms with van der Waals surface area (Å²) in [7, 11) is -1.43. The van der Waals surface area contributed by atoms with E-state index in [4.69, 9.17) is 15.0 Å². The summed E-state index contributed by atoms with van der Waals surface area (Å²) in [6.45, 7) is 16.5. The minimum atomic E-state index is -1.43. The normalized spacial score (nSPS) is 14.4. The van der Waals surface area contributed by atoms with Gasteiger partial charge in [0.25, 0.3) is 0 Å². The smallest absolute Gasteiger partial charge is 0.164 e.